The molecule has 0 N–H and O–H groups in total. The lowest BCUT2D eigenvalue weighted by atomic mass is 10.2. The topological polar surface area (TPSA) is 16.4 Å². The summed E-state index contributed by atoms with van der Waals surface area (Å²) in [6.07, 6.45) is 1.75. The van der Waals surface area contributed by atoms with Gasteiger partial charge in [0.1, 0.15) is 5.75 Å². The van der Waals surface area contributed by atoms with Crippen LogP contribution in [0.5, 0.6) is 5.75 Å². The van der Waals surface area contributed by atoms with Crippen molar-refractivity contribution in [3.63, 3.8) is 0 Å². The maximum atomic E-state index is 14.0. The molecule has 0 spiro atoms. The van der Waals surface area contributed by atoms with Crippen molar-refractivity contribution in [3.8, 4) is 5.75 Å². The first-order chi connectivity index (χ1) is 9.11. The fourth-order valence-corrected chi connectivity index (χ4v) is 1.91. The molecule has 0 radical (unpaired) electrons. The lowest BCUT2D eigenvalue weighted by molar-refractivity contribution is -0.715. The van der Waals surface area contributed by atoms with Crippen LogP contribution in [-0.4, -0.2) is 21.2 Å². The number of benzene rings is 1. The first-order valence-electron chi connectivity index (χ1n) is 6.10. The second-order valence-corrected chi connectivity index (χ2v) is 4.54. The summed E-state index contributed by atoms with van der Waals surface area (Å²) in [6, 6.07) is 11.0. The monoisotopic (exact) mass is 340 g/mol. The molecule has 0 saturated heterocycles. The standard InChI is InChI=1S/C15H18FN2O.BrH/c1-17(2)13-8-9-18(15(16)10-13)11-12-6-4-5-7-14(12)19-3;/h4-10H,11H2,1-3H3;1H/q+1;/p-1. The van der Waals surface area contributed by atoms with E-state index in [1.54, 1.807) is 17.9 Å². The summed E-state index contributed by atoms with van der Waals surface area (Å²) in [5.74, 6) is 0.503. The summed E-state index contributed by atoms with van der Waals surface area (Å²) in [6.45, 7) is 0.448. The fraction of sp³-hybridized carbons (Fsp3) is 0.267. The molecular formula is C15H18BrFN2O. The van der Waals surface area contributed by atoms with Crippen LogP contribution in [0.25, 0.3) is 0 Å². The average molecular weight is 341 g/mol. The molecule has 108 valence electrons. The van der Waals surface area contributed by atoms with Crippen LogP contribution in [0.15, 0.2) is 42.6 Å². The average Bonchev–Trinajstić information content (AvgIpc) is 2.41. The third kappa shape index (κ3) is 3.70. The van der Waals surface area contributed by atoms with Gasteiger partial charge in [-0.1, -0.05) is 12.1 Å². The summed E-state index contributed by atoms with van der Waals surface area (Å²) < 4.78 is 20.9. The smallest absolute Gasteiger partial charge is 0.361 e. The third-order valence-electron chi connectivity index (χ3n) is 3.02. The lowest BCUT2D eigenvalue weighted by Gasteiger charge is -2.11. The van der Waals surface area contributed by atoms with Gasteiger partial charge in [0, 0.05) is 20.2 Å². The van der Waals surface area contributed by atoms with Crippen LogP contribution in [0.1, 0.15) is 5.56 Å². The molecule has 0 amide bonds. The number of methoxy groups -OCH3 is 1. The minimum Gasteiger partial charge on any atom is -1.00 e. The Morgan fingerprint density at radius 2 is 1.90 bits per heavy atom. The molecule has 0 unspecified atom stereocenters. The Balaban J connectivity index is 0.00000200. The van der Waals surface area contributed by atoms with Crippen LogP contribution in [0.2, 0.25) is 0 Å². The van der Waals surface area contributed by atoms with Crippen LogP contribution in [0, 0.1) is 5.95 Å². The van der Waals surface area contributed by atoms with E-state index in [-0.39, 0.29) is 22.9 Å². The van der Waals surface area contributed by atoms with E-state index < -0.39 is 0 Å². The maximum Gasteiger partial charge on any atom is 0.361 e. The first-order valence-corrected chi connectivity index (χ1v) is 6.10. The second-order valence-electron chi connectivity index (χ2n) is 4.54. The van der Waals surface area contributed by atoms with E-state index >= 15 is 0 Å². The van der Waals surface area contributed by atoms with Gasteiger partial charge in [0.25, 0.3) is 0 Å². The molecule has 0 atom stereocenters. The third-order valence-corrected chi connectivity index (χ3v) is 3.02. The Hall–Kier alpha value is -1.62. The Morgan fingerprint density at radius 1 is 1.20 bits per heavy atom. The number of rotatable bonds is 4. The van der Waals surface area contributed by atoms with Gasteiger partial charge in [0.15, 0.2) is 12.7 Å². The van der Waals surface area contributed by atoms with Crippen molar-refractivity contribution in [2.24, 2.45) is 0 Å². The first kappa shape index (κ1) is 16.4. The highest BCUT2D eigenvalue weighted by Gasteiger charge is 2.14. The van der Waals surface area contributed by atoms with Crippen molar-refractivity contribution in [1.29, 1.82) is 0 Å². The predicted molar refractivity (Wildman–Crippen MR) is 73.0 cm³/mol. The van der Waals surface area contributed by atoms with Gasteiger partial charge in [0.2, 0.25) is 0 Å². The van der Waals surface area contributed by atoms with Gasteiger partial charge in [-0.3, -0.25) is 0 Å². The molecular weight excluding hydrogens is 323 g/mol. The van der Waals surface area contributed by atoms with Gasteiger partial charge in [-0.05, 0) is 12.1 Å². The van der Waals surface area contributed by atoms with E-state index in [1.165, 1.54) is 6.07 Å². The van der Waals surface area contributed by atoms with Crippen LogP contribution >= 0.6 is 0 Å². The van der Waals surface area contributed by atoms with Crippen molar-refractivity contribution in [1.82, 2.24) is 0 Å². The van der Waals surface area contributed by atoms with Crippen molar-refractivity contribution < 1.29 is 30.7 Å². The van der Waals surface area contributed by atoms with Crippen LogP contribution < -0.4 is 31.2 Å². The van der Waals surface area contributed by atoms with E-state index in [1.807, 2.05) is 49.3 Å². The number of hydrogen-bond acceptors (Lipinski definition) is 2. The van der Waals surface area contributed by atoms with E-state index in [0.29, 0.717) is 6.54 Å². The van der Waals surface area contributed by atoms with Crippen LogP contribution in [0.4, 0.5) is 10.1 Å². The second kappa shape index (κ2) is 7.24. The summed E-state index contributed by atoms with van der Waals surface area (Å²) in [5, 5.41) is 0. The molecule has 0 aliphatic rings. The molecule has 0 aliphatic heterocycles. The normalized spacial score (nSPS) is 9.80. The SMILES string of the molecule is COc1ccccc1C[n+]1ccc(N(C)C)cc1F.[Br-]. The largest absolute Gasteiger partial charge is 1.00 e. The zero-order valence-corrected chi connectivity index (χ0v) is 13.4. The quantitative estimate of drug-likeness (QED) is 0.537. The molecule has 2 rings (SSSR count). The van der Waals surface area contributed by atoms with E-state index in [0.717, 1.165) is 17.0 Å². The minimum atomic E-state index is -0.267. The molecule has 5 heteroatoms. The Kier molecular flexibility index (Phi) is 5.95. The highest BCUT2D eigenvalue weighted by molar-refractivity contribution is 5.42. The Labute approximate surface area is 129 Å². The number of hydrogen-bond donors (Lipinski definition) is 0. The number of pyridine rings is 1. The Bertz CT molecular complexity index is 576. The number of ether oxygens (including phenoxy) is 1. The van der Waals surface area contributed by atoms with Gasteiger partial charge >= 0.3 is 5.95 Å². The number of aromatic nitrogens is 1. The van der Waals surface area contributed by atoms with Crippen molar-refractivity contribution in [3.05, 3.63) is 54.1 Å². The van der Waals surface area contributed by atoms with E-state index in [2.05, 4.69) is 0 Å². The maximum absolute atomic E-state index is 14.0. The predicted octanol–water partition coefficient (Wildman–Crippen LogP) is -0.760. The van der Waals surface area contributed by atoms with E-state index in [9.17, 15) is 4.39 Å². The molecule has 1 heterocycles. The molecule has 20 heavy (non-hydrogen) atoms. The van der Waals surface area contributed by atoms with E-state index in [4.69, 9.17) is 4.74 Å². The Morgan fingerprint density at radius 3 is 2.50 bits per heavy atom. The molecule has 2 aromatic rings. The molecule has 0 aliphatic carbocycles. The molecule has 1 aromatic carbocycles. The minimum absolute atomic E-state index is 0. The molecule has 3 nitrogen and oxygen atoms in total. The summed E-state index contributed by atoms with van der Waals surface area (Å²) in [4.78, 5) is 1.87. The van der Waals surface area contributed by atoms with Gasteiger partial charge in [-0.25, -0.2) is 0 Å². The van der Waals surface area contributed by atoms with Crippen molar-refractivity contribution in [2.75, 3.05) is 26.1 Å². The lowest BCUT2D eigenvalue weighted by Crippen LogP contribution is -3.00. The summed E-state index contributed by atoms with van der Waals surface area (Å²) >= 11 is 0. The molecule has 1 aromatic heterocycles. The van der Waals surface area contributed by atoms with Gasteiger partial charge in [0.05, 0.1) is 24.4 Å². The summed E-state index contributed by atoms with van der Waals surface area (Å²) in [5.41, 5.74) is 1.79. The molecule has 0 saturated carbocycles. The highest BCUT2D eigenvalue weighted by Crippen LogP contribution is 2.17. The number of anilines is 1. The zero-order chi connectivity index (χ0) is 13.8. The molecule has 0 bridgehead atoms. The summed E-state index contributed by atoms with van der Waals surface area (Å²) in [7, 11) is 5.40. The fourth-order valence-electron chi connectivity index (χ4n) is 1.91. The van der Waals surface area contributed by atoms with Gasteiger partial charge in [-0.2, -0.15) is 4.57 Å². The van der Waals surface area contributed by atoms with Gasteiger partial charge < -0.3 is 26.6 Å². The molecule has 0 fully saturated rings. The van der Waals surface area contributed by atoms with Crippen LogP contribution in [0.3, 0.4) is 0 Å². The van der Waals surface area contributed by atoms with Crippen molar-refractivity contribution in [2.45, 2.75) is 6.54 Å². The number of para-hydroxylation sites is 1. The number of halogens is 2. The van der Waals surface area contributed by atoms with Gasteiger partial charge in [-0.15, -0.1) is 4.39 Å². The van der Waals surface area contributed by atoms with Crippen molar-refractivity contribution >= 4 is 5.69 Å². The van der Waals surface area contributed by atoms with Crippen LogP contribution in [-0.2, 0) is 6.54 Å². The highest BCUT2D eigenvalue weighted by atomic mass is 79.9. The number of nitrogens with zero attached hydrogens (tertiary/aromatic N) is 2. The zero-order valence-electron chi connectivity index (χ0n) is 11.8.